The van der Waals surface area contributed by atoms with Gasteiger partial charge in [0.05, 0.1) is 10.6 Å². The smallest absolute Gasteiger partial charge is 0.262 e. The van der Waals surface area contributed by atoms with E-state index in [1.54, 1.807) is 35.7 Å². The van der Waals surface area contributed by atoms with Crippen molar-refractivity contribution in [1.82, 2.24) is 19.8 Å². The van der Waals surface area contributed by atoms with Gasteiger partial charge in [0.25, 0.3) is 10.0 Å². The molecule has 0 bridgehead atoms. The SMILES string of the molecule is Cc1cc(C)c(S(=O)(=O)Nc2cccc(-c3ccc4nnc(C)n4n3)c2)cc1C. The second-order valence-electron chi connectivity index (χ2n) is 7.12. The predicted octanol–water partition coefficient (Wildman–Crippen LogP) is 3.83. The van der Waals surface area contributed by atoms with Crippen molar-refractivity contribution in [1.29, 1.82) is 0 Å². The Morgan fingerprint density at radius 1 is 0.862 bits per heavy atom. The number of benzene rings is 2. The normalized spacial score (nSPS) is 11.7. The number of fused-ring (bicyclic) bond motifs is 1. The van der Waals surface area contributed by atoms with E-state index in [0.717, 1.165) is 16.7 Å². The molecule has 29 heavy (non-hydrogen) atoms. The highest BCUT2D eigenvalue weighted by Crippen LogP contribution is 2.25. The third kappa shape index (κ3) is 3.58. The van der Waals surface area contributed by atoms with Crippen LogP contribution in [-0.4, -0.2) is 28.2 Å². The Balaban J connectivity index is 1.70. The summed E-state index contributed by atoms with van der Waals surface area (Å²) in [6.45, 7) is 7.51. The first-order valence-electron chi connectivity index (χ1n) is 9.15. The molecule has 0 amide bonds. The molecule has 8 heteroatoms. The summed E-state index contributed by atoms with van der Waals surface area (Å²) < 4.78 is 30.3. The van der Waals surface area contributed by atoms with E-state index >= 15 is 0 Å². The molecule has 148 valence electrons. The number of nitrogens with one attached hydrogen (secondary N) is 1. The Labute approximate surface area is 169 Å². The minimum absolute atomic E-state index is 0.283. The lowest BCUT2D eigenvalue weighted by molar-refractivity contribution is 0.600. The number of sulfonamides is 1. The van der Waals surface area contributed by atoms with E-state index in [-0.39, 0.29) is 4.90 Å². The highest BCUT2D eigenvalue weighted by Gasteiger charge is 2.18. The van der Waals surface area contributed by atoms with Crippen molar-refractivity contribution in [3.63, 3.8) is 0 Å². The highest BCUT2D eigenvalue weighted by atomic mass is 32.2. The average Bonchev–Trinajstić information content (AvgIpc) is 3.05. The van der Waals surface area contributed by atoms with E-state index in [1.165, 1.54) is 0 Å². The van der Waals surface area contributed by atoms with Gasteiger partial charge in [-0.15, -0.1) is 10.2 Å². The second kappa shape index (κ2) is 6.97. The first kappa shape index (κ1) is 19.1. The fourth-order valence-corrected chi connectivity index (χ4v) is 4.59. The first-order valence-corrected chi connectivity index (χ1v) is 10.6. The zero-order valence-electron chi connectivity index (χ0n) is 16.6. The van der Waals surface area contributed by atoms with Crippen LogP contribution in [0.4, 0.5) is 5.69 Å². The van der Waals surface area contributed by atoms with Crippen molar-refractivity contribution >= 4 is 21.4 Å². The lowest BCUT2D eigenvalue weighted by Gasteiger charge is -2.13. The standard InChI is InChI=1S/C21H21N5O2S/c1-13-10-15(3)20(11-14(13)2)29(27,28)25-18-7-5-6-17(12-18)19-8-9-21-23-22-16(4)26(21)24-19/h5-12,25H,1-4H3. The maximum absolute atomic E-state index is 13.0. The molecule has 0 atom stereocenters. The molecule has 2 heterocycles. The van der Waals surface area contributed by atoms with Crippen LogP contribution in [0.15, 0.2) is 53.4 Å². The van der Waals surface area contributed by atoms with Gasteiger partial charge in [0.2, 0.25) is 0 Å². The summed E-state index contributed by atoms with van der Waals surface area (Å²) in [6.07, 6.45) is 0. The van der Waals surface area contributed by atoms with Crippen LogP contribution in [0, 0.1) is 27.7 Å². The summed E-state index contributed by atoms with van der Waals surface area (Å²) in [5.41, 5.74) is 5.34. The first-order chi connectivity index (χ1) is 13.7. The van der Waals surface area contributed by atoms with Crippen LogP contribution in [0.2, 0.25) is 0 Å². The molecule has 7 nitrogen and oxygen atoms in total. The van der Waals surface area contributed by atoms with E-state index in [0.29, 0.717) is 28.4 Å². The lowest BCUT2D eigenvalue weighted by atomic mass is 10.1. The summed E-state index contributed by atoms with van der Waals surface area (Å²) >= 11 is 0. The maximum Gasteiger partial charge on any atom is 0.262 e. The van der Waals surface area contributed by atoms with Gasteiger partial charge in [-0.2, -0.15) is 9.61 Å². The van der Waals surface area contributed by atoms with Gasteiger partial charge in [-0.3, -0.25) is 4.72 Å². The van der Waals surface area contributed by atoms with Crippen molar-refractivity contribution in [2.45, 2.75) is 32.6 Å². The largest absolute Gasteiger partial charge is 0.280 e. The molecule has 0 saturated heterocycles. The summed E-state index contributed by atoms with van der Waals surface area (Å²) in [7, 11) is -3.71. The Morgan fingerprint density at radius 2 is 1.62 bits per heavy atom. The highest BCUT2D eigenvalue weighted by molar-refractivity contribution is 7.92. The van der Waals surface area contributed by atoms with Crippen molar-refractivity contribution in [2.24, 2.45) is 0 Å². The van der Waals surface area contributed by atoms with Gasteiger partial charge >= 0.3 is 0 Å². The van der Waals surface area contributed by atoms with Crippen molar-refractivity contribution < 1.29 is 8.42 Å². The number of rotatable bonds is 4. The van der Waals surface area contributed by atoms with Gasteiger partial charge in [0.15, 0.2) is 11.5 Å². The molecular formula is C21H21N5O2S. The van der Waals surface area contributed by atoms with E-state index in [4.69, 9.17) is 0 Å². The fraction of sp³-hybridized carbons (Fsp3) is 0.190. The Bertz CT molecular complexity index is 1340. The number of nitrogens with zero attached hydrogens (tertiary/aromatic N) is 4. The van der Waals surface area contributed by atoms with Crippen LogP contribution >= 0.6 is 0 Å². The fourth-order valence-electron chi connectivity index (χ4n) is 3.23. The minimum atomic E-state index is -3.71. The number of aromatic nitrogens is 4. The monoisotopic (exact) mass is 407 g/mol. The lowest BCUT2D eigenvalue weighted by Crippen LogP contribution is -2.14. The molecule has 0 spiro atoms. The van der Waals surface area contributed by atoms with Crippen LogP contribution in [0.1, 0.15) is 22.5 Å². The van der Waals surface area contributed by atoms with Crippen molar-refractivity contribution in [2.75, 3.05) is 4.72 Å². The molecule has 4 aromatic rings. The Kier molecular flexibility index (Phi) is 4.58. The van der Waals surface area contributed by atoms with Gasteiger partial charge < -0.3 is 0 Å². The number of hydrogen-bond acceptors (Lipinski definition) is 5. The molecule has 2 aromatic carbocycles. The zero-order chi connectivity index (χ0) is 20.8. The molecule has 0 aliphatic heterocycles. The number of anilines is 1. The van der Waals surface area contributed by atoms with Gasteiger partial charge in [0, 0.05) is 11.3 Å². The summed E-state index contributed by atoms with van der Waals surface area (Å²) in [4.78, 5) is 0.283. The van der Waals surface area contributed by atoms with Crippen molar-refractivity contribution in [3.05, 3.63) is 71.0 Å². The summed E-state index contributed by atoms with van der Waals surface area (Å²) in [6, 6.07) is 14.4. The molecule has 0 aliphatic carbocycles. The molecule has 0 fully saturated rings. The van der Waals surface area contributed by atoms with Crippen LogP contribution < -0.4 is 4.72 Å². The molecule has 0 aliphatic rings. The number of hydrogen-bond donors (Lipinski definition) is 1. The molecule has 0 saturated carbocycles. The topological polar surface area (TPSA) is 89.2 Å². The van der Waals surface area contributed by atoms with E-state index in [9.17, 15) is 8.42 Å². The Morgan fingerprint density at radius 3 is 2.41 bits per heavy atom. The molecule has 4 rings (SSSR count). The Hall–Kier alpha value is -3.26. The minimum Gasteiger partial charge on any atom is -0.280 e. The summed E-state index contributed by atoms with van der Waals surface area (Å²) in [5, 5.41) is 12.6. The van der Waals surface area contributed by atoms with Crippen molar-refractivity contribution in [3.8, 4) is 11.3 Å². The molecule has 0 radical (unpaired) electrons. The number of aryl methyl sites for hydroxylation is 4. The summed E-state index contributed by atoms with van der Waals surface area (Å²) in [5.74, 6) is 0.684. The third-order valence-electron chi connectivity index (χ3n) is 4.91. The van der Waals surface area contributed by atoms with Gasteiger partial charge in [-0.05, 0) is 74.7 Å². The van der Waals surface area contributed by atoms with Crippen LogP contribution in [0.5, 0.6) is 0 Å². The van der Waals surface area contributed by atoms with Gasteiger partial charge in [0.1, 0.15) is 0 Å². The van der Waals surface area contributed by atoms with Gasteiger partial charge in [-0.1, -0.05) is 18.2 Å². The third-order valence-corrected chi connectivity index (χ3v) is 6.43. The molecule has 1 N–H and O–H groups in total. The van der Waals surface area contributed by atoms with Crippen LogP contribution in [0.25, 0.3) is 16.9 Å². The van der Waals surface area contributed by atoms with E-state index < -0.39 is 10.0 Å². The zero-order valence-corrected chi connectivity index (χ0v) is 17.4. The van der Waals surface area contributed by atoms with Crippen LogP contribution in [-0.2, 0) is 10.0 Å². The molecule has 0 unspecified atom stereocenters. The average molecular weight is 407 g/mol. The molecular weight excluding hydrogens is 386 g/mol. The van der Waals surface area contributed by atoms with E-state index in [1.807, 2.05) is 45.0 Å². The molecule has 2 aromatic heterocycles. The van der Waals surface area contributed by atoms with Crippen LogP contribution in [0.3, 0.4) is 0 Å². The predicted molar refractivity (Wildman–Crippen MR) is 112 cm³/mol. The van der Waals surface area contributed by atoms with E-state index in [2.05, 4.69) is 20.0 Å². The second-order valence-corrected chi connectivity index (χ2v) is 8.77. The maximum atomic E-state index is 13.0. The quantitative estimate of drug-likeness (QED) is 0.555. The van der Waals surface area contributed by atoms with Gasteiger partial charge in [-0.25, -0.2) is 8.42 Å².